The first-order valence-electron chi connectivity index (χ1n) is 5.11. The van der Waals surface area contributed by atoms with Gasteiger partial charge in [-0.1, -0.05) is 0 Å². The standard InChI is InChI=1S/C10H14O5/c1-14-10(13)8-6-4-2-3-5(15-6)7(8)9(11)12/h5-8H,2-4H2,1H3,(H,11,12). The quantitative estimate of drug-likeness (QED) is 0.675. The summed E-state index contributed by atoms with van der Waals surface area (Å²) < 4.78 is 10.2. The van der Waals surface area contributed by atoms with Gasteiger partial charge in [0, 0.05) is 0 Å². The first-order valence-corrected chi connectivity index (χ1v) is 5.11. The first kappa shape index (κ1) is 10.4. The summed E-state index contributed by atoms with van der Waals surface area (Å²) >= 11 is 0. The van der Waals surface area contributed by atoms with Crippen molar-refractivity contribution in [1.29, 1.82) is 0 Å². The largest absolute Gasteiger partial charge is 0.481 e. The van der Waals surface area contributed by atoms with Crippen LogP contribution in [0.25, 0.3) is 0 Å². The monoisotopic (exact) mass is 214 g/mol. The van der Waals surface area contributed by atoms with E-state index >= 15 is 0 Å². The van der Waals surface area contributed by atoms with E-state index in [0.29, 0.717) is 0 Å². The van der Waals surface area contributed by atoms with Crippen LogP contribution >= 0.6 is 0 Å². The number of carbonyl (C=O) groups excluding carboxylic acids is 1. The lowest BCUT2D eigenvalue weighted by Gasteiger charge is -2.20. The average Bonchev–Trinajstić information content (AvgIpc) is 2.49. The molecule has 0 aromatic heterocycles. The number of hydrogen-bond donors (Lipinski definition) is 1. The fraction of sp³-hybridized carbons (Fsp3) is 0.800. The number of carboxylic acid groups (broad SMARTS) is 1. The SMILES string of the molecule is COC(=O)C1C2CCCC(O2)C1C(=O)O. The molecule has 4 atom stereocenters. The minimum Gasteiger partial charge on any atom is -0.481 e. The fourth-order valence-corrected chi connectivity index (χ4v) is 2.62. The molecule has 0 aromatic carbocycles. The van der Waals surface area contributed by atoms with Crippen LogP contribution in [-0.2, 0) is 19.1 Å². The zero-order valence-corrected chi connectivity index (χ0v) is 8.51. The van der Waals surface area contributed by atoms with Crippen LogP contribution in [0.3, 0.4) is 0 Å². The maximum atomic E-state index is 11.5. The molecule has 2 aliphatic heterocycles. The van der Waals surface area contributed by atoms with Gasteiger partial charge in [0.05, 0.1) is 31.2 Å². The van der Waals surface area contributed by atoms with Crippen molar-refractivity contribution >= 4 is 11.9 Å². The van der Waals surface area contributed by atoms with Crippen molar-refractivity contribution in [2.45, 2.75) is 31.5 Å². The number of carboxylic acids is 1. The van der Waals surface area contributed by atoms with Gasteiger partial charge in [-0.3, -0.25) is 9.59 Å². The van der Waals surface area contributed by atoms with Crippen LogP contribution < -0.4 is 0 Å². The minimum absolute atomic E-state index is 0.266. The molecule has 0 aliphatic carbocycles. The van der Waals surface area contributed by atoms with Gasteiger partial charge >= 0.3 is 11.9 Å². The maximum absolute atomic E-state index is 11.5. The summed E-state index contributed by atoms with van der Waals surface area (Å²) in [4.78, 5) is 22.6. The van der Waals surface area contributed by atoms with E-state index < -0.39 is 23.8 Å². The molecular formula is C10H14O5. The van der Waals surface area contributed by atoms with E-state index in [9.17, 15) is 9.59 Å². The van der Waals surface area contributed by atoms with Gasteiger partial charge < -0.3 is 14.6 Å². The second-order valence-corrected chi connectivity index (χ2v) is 4.06. The first-order chi connectivity index (χ1) is 7.15. The molecule has 2 saturated heterocycles. The van der Waals surface area contributed by atoms with E-state index in [1.807, 2.05) is 0 Å². The molecule has 0 saturated carbocycles. The Labute approximate surface area is 87.4 Å². The van der Waals surface area contributed by atoms with E-state index in [0.717, 1.165) is 19.3 Å². The summed E-state index contributed by atoms with van der Waals surface area (Å²) in [6, 6.07) is 0. The van der Waals surface area contributed by atoms with Crippen LogP contribution in [0.4, 0.5) is 0 Å². The normalized spacial score (nSPS) is 38.7. The molecule has 0 aromatic rings. The predicted molar refractivity (Wildman–Crippen MR) is 49.1 cm³/mol. The van der Waals surface area contributed by atoms with E-state index in [-0.39, 0.29) is 12.2 Å². The molecule has 4 unspecified atom stereocenters. The number of ether oxygens (including phenoxy) is 2. The third-order valence-electron chi connectivity index (χ3n) is 3.27. The number of esters is 1. The summed E-state index contributed by atoms with van der Waals surface area (Å²) in [6.07, 6.45) is 1.82. The summed E-state index contributed by atoms with van der Waals surface area (Å²) in [7, 11) is 1.28. The Kier molecular flexibility index (Phi) is 2.65. The van der Waals surface area contributed by atoms with Crippen molar-refractivity contribution in [1.82, 2.24) is 0 Å². The third kappa shape index (κ3) is 1.61. The lowest BCUT2D eigenvalue weighted by atomic mass is 9.88. The second kappa shape index (κ2) is 3.81. The van der Waals surface area contributed by atoms with Crippen LogP contribution in [0.5, 0.6) is 0 Å². The molecule has 1 N–H and O–H groups in total. The average molecular weight is 214 g/mol. The van der Waals surface area contributed by atoms with Crippen LogP contribution in [0.15, 0.2) is 0 Å². The molecule has 5 nitrogen and oxygen atoms in total. The molecule has 2 fully saturated rings. The summed E-state index contributed by atoms with van der Waals surface area (Å²) in [5, 5.41) is 9.09. The highest BCUT2D eigenvalue weighted by Crippen LogP contribution is 2.42. The molecule has 2 heterocycles. The molecule has 84 valence electrons. The molecule has 0 radical (unpaired) electrons. The molecule has 0 spiro atoms. The van der Waals surface area contributed by atoms with Gasteiger partial charge in [-0.2, -0.15) is 0 Å². The van der Waals surface area contributed by atoms with Crippen molar-refractivity contribution in [3.63, 3.8) is 0 Å². The van der Waals surface area contributed by atoms with E-state index in [1.54, 1.807) is 0 Å². The highest BCUT2D eigenvalue weighted by atomic mass is 16.5. The predicted octanol–water partition coefficient (Wildman–Crippen LogP) is 0.428. The number of hydrogen-bond acceptors (Lipinski definition) is 4. The molecule has 15 heavy (non-hydrogen) atoms. The van der Waals surface area contributed by atoms with Gasteiger partial charge in [0.1, 0.15) is 0 Å². The molecule has 0 amide bonds. The number of carbonyl (C=O) groups is 2. The van der Waals surface area contributed by atoms with E-state index in [1.165, 1.54) is 7.11 Å². The van der Waals surface area contributed by atoms with Crippen molar-refractivity contribution < 1.29 is 24.2 Å². The summed E-state index contributed by atoms with van der Waals surface area (Å²) in [5.41, 5.74) is 0. The van der Waals surface area contributed by atoms with Crippen LogP contribution in [0.2, 0.25) is 0 Å². The van der Waals surface area contributed by atoms with E-state index in [4.69, 9.17) is 9.84 Å². The summed E-state index contributed by atoms with van der Waals surface area (Å²) in [6.45, 7) is 0. The third-order valence-corrected chi connectivity index (χ3v) is 3.27. The van der Waals surface area contributed by atoms with E-state index in [2.05, 4.69) is 4.74 Å². The van der Waals surface area contributed by atoms with Gasteiger partial charge in [-0.25, -0.2) is 0 Å². The number of aliphatic carboxylic acids is 1. The number of rotatable bonds is 2. The molecule has 2 aliphatic rings. The van der Waals surface area contributed by atoms with Crippen molar-refractivity contribution in [3.05, 3.63) is 0 Å². The Morgan fingerprint density at radius 2 is 1.87 bits per heavy atom. The molecule has 5 heteroatoms. The zero-order valence-electron chi connectivity index (χ0n) is 8.51. The van der Waals surface area contributed by atoms with Gasteiger partial charge in [-0.05, 0) is 19.3 Å². The molecule has 2 bridgehead atoms. The smallest absolute Gasteiger partial charge is 0.312 e. The maximum Gasteiger partial charge on any atom is 0.312 e. The summed E-state index contributed by atoms with van der Waals surface area (Å²) in [5.74, 6) is -2.78. The van der Waals surface area contributed by atoms with Gasteiger partial charge in [0.25, 0.3) is 0 Å². The van der Waals surface area contributed by atoms with Gasteiger partial charge in [0.2, 0.25) is 0 Å². The Bertz CT molecular complexity index is 288. The highest BCUT2D eigenvalue weighted by molar-refractivity contribution is 5.82. The minimum atomic E-state index is -0.959. The van der Waals surface area contributed by atoms with Crippen molar-refractivity contribution in [2.75, 3.05) is 7.11 Å². The van der Waals surface area contributed by atoms with Crippen molar-refractivity contribution in [2.24, 2.45) is 11.8 Å². The van der Waals surface area contributed by atoms with Gasteiger partial charge in [0.15, 0.2) is 0 Å². The number of methoxy groups -OCH3 is 1. The zero-order chi connectivity index (χ0) is 11.0. The Balaban J connectivity index is 2.25. The fourth-order valence-electron chi connectivity index (χ4n) is 2.62. The number of fused-ring (bicyclic) bond motifs is 2. The van der Waals surface area contributed by atoms with Crippen LogP contribution in [0.1, 0.15) is 19.3 Å². The Morgan fingerprint density at radius 1 is 1.27 bits per heavy atom. The lowest BCUT2D eigenvalue weighted by Crippen LogP contribution is -2.34. The Hall–Kier alpha value is -1.10. The van der Waals surface area contributed by atoms with Gasteiger partial charge in [-0.15, -0.1) is 0 Å². The van der Waals surface area contributed by atoms with Crippen LogP contribution in [-0.4, -0.2) is 36.4 Å². The Morgan fingerprint density at radius 3 is 2.40 bits per heavy atom. The molecule has 2 rings (SSSR count). The lowest BCUT2D eigenvalue weighted by molar-refractivity contribution is -0.154. The second-order valence-electron chi connectivity index (χ2n) is 4.06. The van der Waals surface area contributed by atoms with Crippen molar-refractivity contribution in [3.8, 4) is 0 Å². The highest BCUT2D eigenvalue weighted by Gasteiger charge is 2.53. The topological polar surface area (TPSA) is 72.8 Å². The van der Waals surface area contributed by atoms with Crippen LogP contribution in [0, 0.1) is 11.8 Å². The molecular weight excluding hydrogens is 200 g/mol.